The Hall–Kier alpha value is -2.34. The van der Waals surface area contributed by atoms with Crippen molar-refractivity contribution >= 4 is 11.6 Å². The van der Waals surface area contributed by atoms with Crippen LogP contribution < -0.4 is 15.4 Å². The Kier molecular flexibility index (Phi) is 5.08. The molecular weight excluding hydrogens is 318 g/mol. The molecular formula is C19H25N3O3. The van der Waals surface area contributed by atoms with E-state index in [4.69, 9.17) is 9.15 Å². The molecule has 1 aliphatic rings. The maximum Gasteiger partial charge on any atom is 0.265 e. The number of carbonyl (C=O) groups excluding carboxylic acids is 1. The average Bonchev–Trinajstić information content (AvgIpc) is 3.08. The van der Waals surface area contributed by atoms with E-state index in [-0.39, 0.29) is 11.9 Å². The number of hydrogen-bond donors (Lipinski definition) is 2. The molecule has 1 aromatic heterocycles. The number of anilines is 1. The van der Waals surface area contributed by atoms with Crippen LogP contribution >= 0.6 is 0 Å². The fourth-order valence-corrected chi connectivity index (χ4v) is 2.73. The van der Waals surface area contributed by atoms with Crippen LogP contribution in [0.1, 0.15) is 63.3 Å². The Bertz CT molecular complexity index is 754. The predicted molar refractivity (Wildman–Crippen MR) is 95.6 cm³/mol. The lowest BCUT2D eigenvalue weighted by Crippen LogP contribution is -2.36. The number of nitrogens with one attached hydrogen (secondary N) is 2. The van der Waals surface area contributed by atoms with Gasteiger partial charge in [0.1, 0.15) is 11.5 Å². The van der Waals surface area contributed by atoms with E-state index in [2.05, 4.69) is 36.4 Å². The number of amides is 1. The van der Waals surface area contributed by atoms with E-state index in [0.717, 1.165) is 22.8 Å². The molecule has 2 heterocycles. The molecule has 0 bridgehead atoms. The summed E-state index contributed by atoms with van der Waals surface area (Å²) in [6.07, 6.45) is 2.01. The number of oxazole rings is 1. The van der Waals surface area contributed by atoms with Crippen LogP contribution in [0.15, 0.2) is 28.8 Å². The van der Waals surface area contributed by atoms with Gasteiger partial charge in [-0.2, -0.15) is 0 Å². The molecule has 0 radical (unpaired) electrons. The van der Waals surface area contributed by atoms with Crippen LogP contribution in [0.25, 0.3) is 0 Å². The van der Waals surface area contributed by atoms with Crippen molar-refractivity contribution in [3.8, 4) is 5.75 Å². The summed E-state index contributed by atoms with van der Waals surface area (Å²) in [5, 5.41) is 6.30. The molecule has 3 rings (SSSR count). The summed E-state index contributed by atoms with van der Waals surface area (Å²) in [5.74, 6) is 2.55. The first-order valence-corrected chi connectivity index (χ1v) is 8.77. The number of carbonyl (C=O) groups is 1. The predicted octanol–water partition coefficient (Wildman–Crippen LogP) is 3.76. The summed E-state index contributed by atoms with van der Waals surface area (Å²) >= 11 is 0. The summed E-state index contributed by atoms with van der Waals surface area (Å²) in [6.45, 7) is 8.73. The summed E-state index contributed by atoms with van der Waals surface area (Å²) < 4.78 is 11.5. The van der Waals surface area contributed by atoms with Crippen molar-refractivity contribution in [2.45, 2.75) is 58.7 Å². The summed E-state index contributed by atoms with van der Waals surface area (Å²) in [7, 11) is 0. The highest BCUT2D eigenvalue weighted by Gasteiger charge is 2.26. The molecule has 1 amide bonds. The lowest BCUT2D eigenvalue weighted by Gasteiger charge is -2.26. The number of rotatable bonds is 6. The van der Waals surface area contributed by atoms with Gasteiger partial charge < -0.3 is 19.8 Å². The zero-order valence-corrected chi connectivity index (χ0v) is 15.1. The van der Waals surface area contributed by atoms with Gasteiger partial charge in [-0.15, -0.1) is 0 Å². The molecule has 2 aromatic rings. The molecule has 0 saturated heterocycles. The minimum Gasteiger partial charge on any atom is -0.478 e. The number of ether oxygens (including phenoxy) is 1. The van der Waals surface area contributed by atoms with E-state index in [1.165, 1.54) is 0 Å². The van der Waals surface area contributed by atoms with Crippen molar-refractivity contribution in [3.05, 3.63) is 41.6 Å². The third-order valence-electron chi connectivity index (χ3n) is 4.40. The zero-order valence-electron chi connectivity index (χ0n) is 15.1. The first kappa shape index (κ1) is 17.5. The van der Waals surface area contributed by atoms with E-state index in [9.17, 15) is 4.79 Å². The van der Waals surface area contributed by atoms with Crippen molar-refractivity contribution in [1.82, 2.24) is 10.3 Å². The maximum atomic E-state index is 11.9. The van der Waals surface area contributed by atoms with Crippen molar-refractivity contribution in [2.24, 2.45) is 0 Å². The minimum absolute atomic E-state index is 0.0845. The Morgan fingerprint density at radius 3 is 2.80 bits per heavy atom. The molecule has 6 nitrogen and oxygen atoms in total. The van der Waals surface area contributed by atoms with Gasteiger partial charge in [0.05, 0.1) is 18.4 Å². The fourth-order valence-electron chi connectivity index (χ4n) is 2.73. The fraction of sp³-hybridized carbons (Fsp3) is 0.474. The first-order valence-electron chi connectivity index (χ1n) is 8.77. The van der Waals surface area contributed by atoms with Gasteiger partial charge in [0.2, 0.25) is 5.89 Å². The van der Waals surface area contributed by atoms with Crippen molar-refractivity contribution in [2.75, 3.05) is 5.32 Å². The molecule has 6 heteroatoms. The molecule has 2 atom stereocenters. The number of aromatic nitrogens is 1. The number of nitrogens with zero attached hydrogens (tertiary/aromatic N) is 1. The SMILES string of the molecule is CC[C@H]1Oc2cc([C@@H](C)NCc3ncc(C(C)C)o3)ccc2NC1=O. The number of hydrogen-bond acceptors (Lipinski definition) is 5. The standard InChI is InChI=1S/C19H25N3O3/c1-5-15-19(23)22-14-7-6-13(8-16(14)24-15)12(4)20-10-18-21-9-17(25-18)11(2)3/h6-9,11-12,15,20H,5,10H2,1-4H3,(H,22,23)/t12-,15-/m1/s1. The Morgan fingerprint density at radius 2 is 2.12 bits per heavy atom. The Morgan fingerprint density at radius 1 is 1.32 bits per heavy atom. The Labute approximate surface area is 148 Å². The van der Waals surface area contributed by atoms with Crippen molar-refractivity contribution in [1.29, 1.82) is 0 Å². The number of fused-ring (bicyclic) bond motifs is 1. The smallest absolute Gasteiger partial charge is 0.265 e. The van der Waals surface area contributed by atoms with Gasteiger partial charge in [0.25, 0.3) is 5.91 Å². The second-order valence-electron chi connectivity index (χ2n) is 6.67. The molecule has 1 aromatic carbocycles. The second kappa shape index (κ2) is 7.27. The van der Waals surface area contributed by atoms with Crippen LogP contribution in [0, 0.1) is 0 Å². The van der Waals surface area contributed by atoms with Gasteiger partial charge in [-0.05, 0) is 31.0 Å². The van der Waals surface area contributed by atoms with E-state index < -0.39 is 6.10 Å². The zero-order chi connectivity index (χ0) is 18.0. The van der Waals surface area contributed by atoms with E-state index in [1.54, 1.807) is 6.20 Å². The highest BCUT2D eigenvalue weighted by molar-refractivity contribution is 5.97. The van der Waals surface area contributed by atoms with Gasteiger partial charge in [0.15, 0.2) is 6.10 Å². The molecule has 0 aliphatic carbocycles. The monoisotopic (exact) mass is 343 g/mol. The van der Waals surface area contributed by atoms with E-state index >= 15 is 0 Å². The van der Waals surface area contributed by atoms with Gasteiger partial charge in [0, 0.05) is 12.0 Å². The van der Waals surface area contributed by atoms with Crippen LogP contribution in [0.5, 0.6) is 5.75 Å². The third-order valence-corrected chi connectivity index (χ3v) is 4.40. The van der Waals surface area contributed by atoms with Crippen LogP contribution in [0.2, 0.25) is 0 Å². The summed E-state index contributed by atoms with van der Waals surface area (Å²) in [5.41, 5.74) is 1.81. The summed E-state index contributed by atoms with van der Waals surface area (Å²) in [4.78, 5) is 16.2. The first-order chi connectivity index (χ1) is 12.0. The van der Waals surface area contributed by atoms with Crippen molar-refractivity contribution < 1.29 is 13.9 Å². The van der Waals surface area contributed by atoms with Gasteiger partial charge in [-0.25, -0.2) is 4.98 Å². The third kappa shape index (κ3) is 3.85. The largest absolute Gasteiger partial charge is 0.478 e. The lowest BCUT2D eigenvalue weighted by atomic mass is 10.1. The molecule has 134 valence electrons. The highest BCUT2D eigenvalue weighted by atomic mass is 16.5. The molecule has 0 spiro atoms. The maximum absolute atomic E-state index is 11.9. The molecule has 1 aliphatic heterocycles. The van der Waals surface area contributed by atoms with Crippen LogP contribution in [0.3, 0.4) is 0 Å². The van der Waals surface area contributed by atoms with Crippen LogP contribution in [-0.2, 0) is 11.3 Å². The van der Waals surface area contributed by atoms with E-state index in [1.807, 2.05) is 25.1 Å². The van der Waals surface area contributed by atoms with E-state index in [0.29, 0.717) is 24.8 Å². The summed E-state index contributed by atoms with van der Waals surface area (Å²) in [6, 6.07) is 5.95. The molecule has 0 saturated carbocycles. The van der Waals surface area contributed by atoms with Gasteiger partial charge in [-0.1, -0.05) is 26.8 Å². The number of benzene rings is 1. The Balaban J connectivity index is 1.66. The molecule has 2 N–H and O–H groups in total. The molecule has 0 unspecified atom stereocenters. The topological polar surface area (TPSA) is 76.4 Å². The van der Waals surface area contributed by atoms with Crippen LogP contribution in [-0.4, -0.2) is 17.0 Å². The molecule has 0 fully saturated rings. The quantitative estimate of drug-likeness (QED) is 0.835. The normalized spacial score (nSPS) is 17.8. The second-order valence-corrected chi connectivity index (χ2v) is 6.67. The van der Waals surface area contributed by atoms with Gasteiger partial charge in [-0.3, -0.25) is 4.79 Å². The van der Waals surface area contributed by atoms with Crippen molar-refractivity contribution in [3.63, 3.8) is 0 Å². The molecule has 25 heavy (non-hydrogen) atoms. The average molecular weight is 343 g/mol. The van der Waals surface area contributed by atoms with Crippen LogP contribution in [0.4, 0.5) is 5.69 Å². The van der Waals surface area contributed by atoms with Gasteiger partial charge >= 0.3 is 0 Å². The lowest BCUT2D eigenvalue weighted by molar-refractivity contribution is -0.123. The minimum atomic E-state index is -0.423. The highest BCUT2D eigenvalue weighted by Crippen LogP contribution is 2.33.